The third-order valence-electron chi connectivity index (χ3n) is 2.57. The molecular formula is C13H15BrN2O3. The molecule has 6 heteroatoms. The molecule has 102 valence electrons. The minimum absolute atomic E-state index is 0.314. The highest BCUT2D eigenvalue weighted by atomic mass is 79.9. The van der Waals surface area contributed by atoms with Gasteiger partial charge in [0.15, 0.2) is 11.5 Å². The molecule has 0 fully saturated rings. The maximum Gasteiger partial charge on any atom is 0.175 e. The number of methoxy groups -OCH3 is 1. The highest BCUT2D eigenvalue weighted by Crippen LogP contribution is 2.37. The molecule has 0 saturated carbocycles. The van der Waals surface area contributed by atoms with E-state index in [4.69, 9.17) is 19.7 Å². The second-order valence-electron chi connectivity index (χ2n) is 4.03. The zero-order chi connectivity index (χ0) is 13.8. The molecule has 1 aromatic carbocycles. The van der Waals surface area contributed by atoms with Crippen molar-refractivity contribution < 1.29 is 14.0 Å². The van der Waals surface area contributed by atoms with Gasteiger partial charge in [-0.2, -0.15) is 0 Å². The van der Waals surface area contributed by atoms with E-state index in [9.17, 15) is 0 Å². The molecule has 2 rings (SSSR count). The molecule has 1 aromatic heterocycles. The molecule has 0 spiro atoms. The van der Waals surface area contributed by atoms with E-state index in [-0.39, 0.29) is 0 Å². The largest absolute Gasteiger partial charge is 0.493 e. The Hall–Kier alpha value is -1.53. The van der Waals surface area contributed by atoms with Gasteiger partial charge >= 0.3 is 0 Å². The van der Waals surface area contributed by atoms with Crippen molar-refractivity contribution in [1.29, 1.82) is 0 Å². The first-order valence-electron chi connectivity index (χ1n) is 5.75. The molecule has 19 heavy (non-hydrogen) atoms. The van der Waals surface area contributed by atoms with Crippen LogP contribution >= 0.6 is 15.9 Å². The van der Waals surface area contributed by atoms with Gasteiger partial charge in [0.2, 0.25) is 0 Å². The number of aromatic nitrogens is 1. The molecule has 0 bridgehead atoms. The molecule has 0 aliphatic heterocycles. The van der Waals surface area contributed by atoms with Gasteiger partial charge in [0, 0.05) is 12.6 Å². The van der Waals surface area contributed by atoms with Gasteiger partial charge in [0.05, 0.1) is 11.6 Å². The predicted octanol–water partition coefficient (Wildman–Crippen LogP) is 2.79. The number of ether oxygens (including phenoxy) is 2. The summed E-state index contributed by atoms with van der Waals surface area (Å²) in [7, 11) is 1.59. The molecule has 0 atom stereocenters. The minimum Gasteiger partial charge on any atom is -0.493 e. The van der Waals surface area contributed by atoms with Crippen LogP contribution in [0.4, 0.5) is 0 Å². The maximum atomic E-state index is 5.72. The molecule has 0 aliphatic rings. The van der Waals surface area contributed by atoms with Crippen molar-refractivity contribution in [1.82, 2.24) is 5.16 Å². The predicted molar refractivity (Wildman–Crippen MR) is 74.2 cm³/mol. The second-order valence-corrected chi connectivity index (χ2v) is 4.89. The Labute approximate surface area is 119 Å². The van der Waals surface area contributed by atoms with Crippen LogP contribution in [0.25, 0.3) is 0 Å². The van der Waals surface area contributed by atoms with E-state index in [0.29, 0.717) is 24.7 Å². The number of benzene rings is 1. The average molecular weight is 327 g/mol. The van der Waals surface area contributed by atoms with E-state index in [0.717, 1.165) is 21.5 Å². The standard InChI is InChI=1S/C13H15BrN2O3/c1-8-3-10(16-19-8)7-18-13-11(14)4-9(6-15)5-12(13)17-2/h3-5H,6-7,15H2,1-2H3. The fourth-order valence-electron chi connectivity index (χ4n) is 1.66. The van der Waals surface area contributed by atoms with Crippen molar-refractivity contribution in [2.45, 2.75) is 20.1 Å². The summed E-state index contributed by atoms with van der Waals surface area (Å²) in [5.41, 5.74) is 7.32. The maximum absolute atomic E-state index is 5.72. The van der Waals surface area contributed by atoms with Gasteiger partial charge in [-0.15, -0.1) is 0 Å². The summed E-state index contributed by atoms with van der Waals surface area (Å²) >= 11 is 3.45. The molecule has 0 saturated heterocycles. The number of nitrogens with two attached hydrogens (primary N) is 1. The summed E-state index contributed by atoms with van der Waals surface area (Å²) in [4.78, 5) is 0. The van der Waals surface area contributed by atoms with Gasteiger partial charge in [0.1, 0.15) is 18.1 Å². The van der Waals surface area contributed by atoms with Crippen LogP contribution in [-0.2, 0) is 13.2 Å². The number of rotatable bonds is 5. The summed E-state index contributed by atoms with van der Waals surface area (Å²) in [6, 6.07) is 5.59. The normalized spacial score (nSPS) is 10.5. The van der Waals surface area contributed by atoms with Crippen LogP contribution in [0.15, 0.2) is 27.2 Å². The van der Waals surface area contributed by atoms with Crippen LogP contribution in [0.3, 0.4) is 0 Å². The van der Waals surface area contributed by atoms with E-state index < -0.39 is 0 Å². The lowest BCUT2D eigenvalue weighted by Crippen LogP contribution is -2.02. The van der Waals surface area contributed by atoms with Crippen LogP contribution in [0.5, 0.6) is 11.5 Å². The zero-order valence-electron chi connectivity index (χ0n) is 10.8. The van der Waals surface area contributed by atoms with Gasteiger partial charge in [0.25, 0.3) is 0 Å². The van der Waals surface area contributed by atoms with Crippen LogP contribution in [0.2, 0.25) is 0 Å². The molecule has 2 N–H and O–H groups in total. The monoisotopic (exact) mass is 326 g/mol. The van der Waals surface area contributed by atoms with Gasteiger partial charge in [-0.05, 0) is 40.5 Å². The van der Waals surface area contributed by atoms with Gasteiger partial charge in [-0.1, -0.05) is 5.16 Å². The first kappa shape index (κ1) is 13.9. The van der Waals surface area contributed by atoms with Crippen molar-refractivity contribution in [3.63, 3.8) is 0 Å². The van der Waals surface area contributed by atoms with Crippen molar-refractivity contribution in [2.24, 2.45) is 5.73 Å². The summed E-state index contributed by atoms with van der Waals surface area (Å²) in [6.45, 7) is 2.59. The van der Waals surface area contributed by atoms with Crippen molar-refractivity contribution in [3.8, 4) is 11.5 Å². The Morgan fingerprint density at radius 2 is 2.16 bits per heavy atom. The Morgan fingerprint density at radius 3 is 2.74 bits per heavy atom. The van der Waals surface area contributed by atoms with E-state index in [1.807, 2.05) is 25.1 Å². The summed E-state index contributed by atoms with van der Waals surface area (Å²) in [6.07, 6.45) is 0. The van der Waals surface area contributed by atoms with Crippen LogP contribution in [0.1, 0.15) is 17.0 Å². The Kier molecular flexibility index (Phi) is 4.44. The summed E-state index contributed by atoms with van der Waals surface area (Å²) in [5, 5.41) is 3.87. The van der Waals surface area contributed by atoms with E-state index in [1.165, 1.54) is 0 Å². The lowest BCUT2D eigenvalue weighted by Gasteiger charge is -2.13. The summed E-state index contributed by atoms with van der Waals surface area (Å²) < 4.78 is 16.8. The van der Waals surface area contributed by atoms with Crippen LogP contribution < -0.4 is 15.2 Å². The summed E-state index contributed by atoms with van der Waals surface area (Å²) in [5.74, 6) is 2.01. The van der Waals surface area contributed by atoms with Crippen molar-refractivity contribution >= 4 is 15.9 Å². The van der Waals surface area contributed by atoms with Crippen LogP contribution in [-0.4, -0.2) is 12.3 Å². The fraction of sp³-hybridized carbons (Fsp3) is 0.308. The molecular weight excluding hydrogens is 312 g/mol. The number of nitrogens with zero attached hydrogens (tertiary/aromatic N) is 1. The molecule has 1 heterocycles. The van der Waals surface area contributed by atoms with E-state index in [1.54, 1.807) is 7.11 Å². The molecule has 5 nitrogen and oxygen atoms in total. The quantitative estimate of drug-likeness (QED) is 0.914. The van der Waals surface area contributed by atoms with Crippen molar-refractivity contribution in [2.75, 3.05) is 7.11 Å². The highest BCUT2D eigenvalue weighted by Gasteiger charge is 2.12. The Balaban J connectivity index is 2.19. The Bertz CT molecular complexity index is 569. The smallest absolute Gasteiger partial charge is 0.175 e. The van der Waals surface area contributed by atoms with Gasteiger partial charge in [-0.25, -0.2) is 0 Å². The lowest BCUT2D eigenvalue weighted by atomic mass is 10.2. The first-order valence-corrected chi connectivity index (χ1v) is 6.54. The number of aryl methyl sites for hydroxylation is 1. The third kappa shape index (κ3) is 3.27. The molecule has 0 aliphatic carbocycles. The zero-order valence-corrected chi connectivity index (χ0v) is 12.4. The third-order valence-corrected chi connectivity index (χ3v) is 3.16. The van der Waals surface area contributed by atoms with Gasteiger partial charge < -0.3 is 19.7 Å². The number of hydrogen-bond donors (Lipinski definition) is 1. The molecule has 0 unspecified atom stereocenters. The minimum atomic E-state index is 0.314. The van der Waals surface area contributed by atoms with Crippen LogP contribution in [0, 0.1) is 6.92 Å². The fourth-order valence-corrected chi connectivity index (χ4v) is 2.27. The molecule has 0 amide bonds. The molecule has 2 aromatic rings. The topological polar surface area (TPSA) is 70.5 Å². The van der Waals surface area contributed by atoms with Crippen molar-refractivity contribution in [3.05, 3.63) is 39.7 Å². The average Bonchev–Trinajstić information content (AvgIpc) is 2.82. The molecule has 0 radical (unpaired) electrons. The highest BCUT2D eigenvalue weighted by molar-refractivity contribution is 9.10. The SMILES string of the molecule is COc1cc(CN)cc(Br)c1OCc1cc(C)on1. The Morgan fingerprint density at radius 1 is 1.37 bits per heavy atom. The second kappa shape index (κ2) is 6.08. The first-order chi connectivity index (χ1) is 9.13. The van der Waals surface area contributed by atoms with Gasteiger partial charge in [-0.3, -0.25) is 0 Å². The van der Waals surface area contributed by atoms with E-state index in [2.05, 4.69) is 21.1 Å². The van der Waals surface area contributed by atoms with E-state index >= 15 is 0 Å². The number of hydrogen-bond acceptors (Lipinski definition) is 5. The number of halogens is 1. The lowest BCUT2D eigenvalue weighted by molar-refractivity contribution is 0.269.